The lowest BCUT2D eigenvalue weighted by Crippen LogP contribution is -2.05. The minimum Gasteiger partial charge on any atom is -0.494 e. The number of aliphatic imine (C=N–C) groups is 1. The second-order valence-corrected chi connectivity index (χ2v) is 8.03. The third-order valence-corrected chi connectivity index (χ3v) is 5.40. The molecule has 1 aliphatic rings. The number of unbranched alkanes of at least 4 members (excludes halogenated alkanes) is 7. The smallest absolute Gasteiger partial charge is 0.363 e. The van der Waals surface area contributed by atoms with E-state index in [0.29, 0.717) is 17.7 Å². The molecule has 0 saturated heterocycles. The topological polar surface area (TPSA) is 91.0 Å². The van der Waals surface area contributed by atoms with Crippen LogP contribution in [0.3, 0.4) is 0 Å². The number of cyclic esters (lactones) is 1. The van der Waals surface area contributed by atoms with E-state index >= 15 is 0 Å². The van der Waals surface area contributed by atoms with E-state index in [1.807, 2.05) is 24.3 Å². The van der Waals surface area contributed by atoms with Crippen LogP contribution in [0.25, 0.3) is 6.08 Å². The summed E-state index contributed by atoms with van der Waals surface area (Å²) in [5.41, 5.74) is 1.44. The van der Waals surface area contributed by atoms with Gasteiger partial charge in [0.2, 0.25) is 5.90 Å². The Hall–Kier alpha value is -3.48. The molecule has 0 spiro atoms. The standard InChI is InChI=1S/C26H30N2O5/c1-2-3-4-5-6-7-8-9-18-32-23-16-12-21(13-17-23)25-27-24(26(29)33-25)19-20-10-14-22(15-11-20)28(30)31/h10-17,19H,2-9,18H2,1H3/b24-19-. The molecule has 1 aliphatic heterocycles. The molecule has 0 bridgehead atoms. The maximum Gasteiger partial charge on any atom is 0.363 e. The van der Waals surface area contributed by atoms with Gasteiger partial charge in [0.05, 0.1) is 11.5 Å². The van der Waals surface area contributed by atoms with Crippen LogP contribution in [-0.2, 0) is 9.53 Å². The summed E-state index contributed by atoms with van der Waals surface area (Å²) < 4.78 is 11.1. The first-order valence-corrected chi connectivity index (χ1v) is 11.6. The molecule has 0 fully saturated rings. The van der Waals surface area contributed by atoms with Crippen molar-refractivity contribution in [3.63, 3.8) is 0 Å². The van der Waals surface area contributed by atoms with Gasteiger partial charge in [-0.25, -0.2) is 9.79 Å². The number of ether oxygens (including phenoxy) is 2. The third-order valence-electron chi connectivity index (χ3n) is 5.40. The largest absolute Gasteiger partial charge is 0.494 e. The van der Waals surface area contributed by atoms with Gasteiger partial charge in [0.25, 0.3) is 5.69 Å². The minimum atomic E-state index is -0.557. The molecular formula is C26H30N2O5. The van der Waals surface area contributed by atoms with Crippen LogP contribution in [-0.4, -0.2) is 23.4 Å². The Morgan fingerprint density at radius 1 is 0.939 bits per heavy atom. The van der Waals surface area contributed by atoms with Crippen LogP contribution in [0.15, 0.2) is 59.2 Å². The van der Waals surface area contributed by atoms with Crippen LogP contribution < -0.4 is 4.74 Å². The summed E-state index contributed by atoms with van der Waals surface area (Å²) in [6, 6.07) is 13.2. The van der Waals surface area contributed by atoms with Crippen molar-refractivity contribution < 1.29 is 19.2 Å². The highest BCUT2D eigenvalue weighted by Crippen LogP contribution is 2.22. The van der Waals surface area contributed by atoms with Gasteiger partial charge < -0.3 is 9.47 Å². The van der Waals surface area contributed by atoms with Crippen molar-refractivity contribution in [2.45, 2.75) is 58.3 Å². The summed E-state index contributed by atoms with van der Waals surface area (Å²) in [6.07, 6.45) is 11.6. The van der Waals surface area contributed by atoms with Gasteiger partial charge >= 0.3 is 5.97 Å². The van der Waals surface area contributed by atoms with Crippen molar-refractivity contribution in [3.05, 3.63) is 75.5 Å². The van der Waals surface area contributed by atoms with Gasteiger partial charge in [-0.05, 0) is 54.5 Å². The summed E-state index contributed by atoms with van der Waals surface area (Å²) in [5, 5.41) is 10.8. The molecule has 0 atom stereocenters. The van der Waals surface area contributed by atoms with E-state index in [1.54, 1.807) is 18.2 Å². The molecule has 7 heteroatoms. The number of hydrogen-bond acceptors (Lipinski definition) is 6. The Bertz CT molecular complexity index is 994. The molecule has 1 heterocycles. The number of carbonyl (C=O) groups excluding carboxylic acids is 1. The fraction of sp³-hybridized carbons (Fsp3) is 0.385. The zero-order valence-electron chi connectivity index (χ0n) is 19.0. The highest BCUT2D eigenvalue weighted by Gasteiger charge is 2.24. The third kappa shape index (κ3) is 7.56. The monoisotopic (exact) mass is 450 g/mol. The number of rotatable bonds is 13. The first-order valence-electron chi connectivity index (χ1n) is 11.6. The number of nitro benzene ring substituents is 1. The van der Waals surface area contributed by atoms with Crippen molar-refractivity contribution in [1.82, 2.24) is 0 Å². The Morgan fingerprint density at radius 3 is 2.21 bits per heavy atom. The quantitative estimate of drug-likeness (QED) is 0.115. The molecular weight excluding hydrogens is 420 g/mol. The van der Waals surface area contributed by atoms with E-state index < -0.39 is 10.9 Å². The lowest BCUT2D eigenvalue weighted by atomic mass is 10.1. The van der Waals surface area contributed by atoms with Gasteiger partial charge in [-0.1, -0.05) is 51.9 Å². The van der Waals surface area contributed by atoms with E-state index in [2.05, 4.69) is 11.9 Å². The van der Waals surface area contributed by atoms with Crippen LogP contribution in [0.4, 0.5) is 5.69 Å². The van der Waals surface area contributed by atoms with Crippen LogP contribution in [0, 0.1) is 10.1 Å². The minimum absolute atomic E-state index is 0.0138. The Labute approximate surface area is 194 Å². The summed E-state index contributed by atoms with van der Waals surface area (Å²) in [6.45, 7) is 2.92. The second-order valence-electron chi connectivity index (χ2n) is 8.03. The Morgan fingerprint density at radius 2 is 1.58 bits per heavy atom. The highest BCUT2D eigenvalue weighted by atomic mass is 16.6. The summed E-state index contributed by atoms with van der Waals surface area (Å²) in [7, 11) is 0. The molecule has 7 nitrogen and oxygen atoms in total. The molecule has 0 N–H and O–H groups in total. The normalized spacial score (nSPS) is 14.3. The molecule has 3 rings (SSSR count). The van der Waals surface area contributed by atoms with Gasteiger partial charge in [0.15, 0.2) is 5.70 Å². The second kappa shape index (κ2) is 12.5. The fourth-order valence-corrected chi connectivity index (χ4v) is 3.50. The molecule has 2 aromatic carbocycles. The molecule has 0 radical (unpaired) electrons. The zero-order valence-corrected chi connectivity index (χ0v) is 19.0. The number of non-ortho nitro benzene ring substituents is 1. The van der Waals surface area contributed by atoms with E-state index in [4.69, 9.17) is 9.47 Å². The first kappa shape index (κ1) is 24.2. The van der Waals surface area contributed by atoms with Crippen molar-refractivity contribution >= 4 is 23.6 Å². The lowest BCUT2D eigenvalue weighted by Gasteiger charge is -2.07. The van der Waals surface area contributed by atoms with Gasteiger partial charge in [0, 0.05) is 17.7 Å². The van der Waals surface area contributed by atoms with Gasteiger partial charge in [-0.2, -0.15) is 0 Å². The molecule has 0 saturated carbocycles. The first-order chi connectivity index (χ1) is 16.1. The fourth-order valence-electron chi connectivity index (χ4n) is 3.50. The number of benzene rings is 2. The van der Waals surface area contributed by atoms with E-state index in [0.717, 1.165) is 12.2 Å². The van der Waals surface area contributed by atoms with Crippen molar-refractivity contribution in [2.75, 3.05) is 6.61 Å². The predicted molar refractivity (Wildman–Crippen MR) is 128 cm³/mol. The number of carbonyl (C=O) groups is 1. The van der Waals surface area contributed by atoms with E-state index in [9.17, 15) is 14.9 Å². The lowest BCUT2D eigenvalue weighted by molar-refractivity contribution is -0.384. The SMILES string of the molecule is CCCCCCCCCCOc1ccc(C2=N/C(=C\c3ccc([N+](=O)[O-])cc3)C(=O)O2)cc1. The maximum absolute atomic E-state index is 12.2. The van der Waals surface area contributed by atoms with Gasteiger partial charge in [-0.15, -0.1) is 0 Å². The molecule has 33 heavy (non-hydrogen) atoms. The predicted octanol–water partition coefficient (Wildman–Crippen LogP) is 6.46. The summed E-state index contributed by atoms with van der Waals surface area (Å²) >= 11 is 0. The average Bonchev–Trinajstić information content (AvgIpc) is 3.18. The zero-order chi connectivity index (χ0) is 23.5. The number of esters is 1. The van der Waals surface area contributed by atoms with Crippen molar-refractivity contribution in [1.29, 1.82) is 0 Å². The number of hydrogen-bond donors (Lipinski definition) is 0. The molecule has 0 unspecified atom stereocenters. The summed E-state index contributed by atoms with van der Waals surface area (Å²) in [5.74, 6) is 0.439. The Balaban J connectivity index is 1.48. The molecule has 0 amide bonds. The maximum atomic E-state index is 12.2. The van der Waals surface area contributed by atoms with Crippen molar-refractivity contribution in [3.8, 4) is 5.75 Å². The van der Waals surface area contributed by atoms with Crippen LogP contribution in [0.5, 0.6) is 5.75 Å². The van der Waals surface area contributed by atoms with Gasteiger partial charge in [0.1, 0.15) is 5.75 Å². The Kier molecular flexibility index (Phi) is 9.18. The number of nitro groups is 1. The molecule has 2 aromatic rings. The van der Waals surface area contributed by atoms with E-state index in [1.165, 1.54) is 57.1 Å². The van der Waals surface area contributed by atoms with Crippen LogP contribution >= 0.6 is 0 Å². The highest BCUT2D eigenvalue weighted by molar-refractivity contribution is 6.12. The summed E-state index contributed by atoms with van der Waals surface area (Å²) in [4.78, 5) is 26.7. The molecule has 174 valence electrons. The van der Waals surface area contributed by atoms with Crippen molar-refractivity contribution in [2.24, 2.45) is 4.99 Å². The van der Waals surface area contributed by atoms with E-state index in [-0.39, 0.29) is 17.3 Å². The van der Waals surface area contributed by atoms with Crippen LogP contribution in [0.2, 0.25) is 0 Å². The number of nitrogens with zero attached hydrogens (tertiary/aromatic N) is 2. The average molecular weight is 451 g/mol. The molecule has 0 aliphatic carbocycles. The van der Waals surface area contributed by atoms with Gasteiger partial charge in [-0.3, -0.25) is 10.1 Å². The van der Waals surface area contributed by atoms with Crippen LogP contribution in [0.1, 0.15) is 69.4 Å². The molecule has 0 aromatic heterocycles.